The van der Waals surface area contributed by atoms with E-state index in [1.54, 1.807) is 12.4 Å². The quantitative estimate of drug-likeness (QED) is 0.862. The Morgan fingerprint density at radius 2 is 2.21 bits per heavy atom. The van der Waals surface area contributed by atoms with Gasteiger partial charge in [-0.2, -0.15) is 0 Å². The maximum Gasteiger partial charge on any atom is 0.138 e. The number of halogens is 1. The average molecular weight is 320 g/mol. The molecule has 0 amide bonds. The first-order valence-electron chi connectivity index (χ1n) is 6.28. The van der Waals surface area contributed by atoms with Crippen molar-refractivity contribution >= 4 is 15.9 Å². The fraction of sp³-hybridized carbons (Fsp3) is 0.267. The molecule has 0 fully saturated rings. The van der Waals surface area contributed by atoms with Crippen molar-refractivity contribution in [2.24, 2.45) is 0 Å². The second-order valence-corrected chi connectivity index (χ2v) is 5.44. The maximum absolute atomic E-state index is 5.84. The molecule has 1 aromatic heterocycles. The number of nitrogens with zero attached hydrogens (tertiary/aromatic N) is 1. The van der Waals surface area contributed by atoms with Gasteiger partial charge >= 0.3 is 0 Å². The van der Waals surface area contributed by atoms with Crippen LogP contribution in [0.2, 0.25) is 0 Å². The molecule has 98 valence electrons. The molecule has 1 aromatic carbocycles. The Morgan fingerprint density at radius 1 is 1.32 bits per heavy atom. The molecule has 0 N–H and O–H groups in total. The zero-order valence-corrected chi connectivity index (χ0v) is 12.0. The van der Waals surface area contributed by atoms with Crippen molar-refractivity contribution in [3.8, 4) is 11.5 Å². The molecule has 3 nitrogen and oxygen atoms in total. The number of benzene rings is 1. The third-order valence-electron chi connectivity index (χ3n) is 3.21. The van der Waals surface area contributed by atoms with Crippen LogP contribution < -0.4 is 9.47 Å². The number of aromatic nitrogens is 1. The van der Waals surface area contributed by atoms with Gasteiger partial charge in [0.25, 0.3) is 0 Å². The van der Waals surface area contributed by atoms with Gasteiger partial charge in [-0.25, -0.2) is 0 Å². The van der Waals surface area contributed by atoms with E-state index in [0.717, 1.165) is 29.0 Å². The molecular formula is C15H14BrNO2. The summed E-state index contributed by atoms with van der Waals surface area (Å²) in [4.78, 5) is 4.10. The van der Waals surface area contributed by atoms with Crippen LogP contribution in [0.5, 0.6) is 11.5 Å². The van der Waals surface area contributed by atoms with Crippen molar-refractivity contribution < 1.29 is 9.47 Å². The minimum absolute atomic E-state index is 0.379. The van der Waals surface area contributed by atoms with Crippen LogP contribution in [0.3, 0.4) is 0 Å². The lowest BCUT2D eigenvalue weighted by molar-refractivity contribution is 0.217. The highest BCUT2D eigenvalue weighted by Gasteiger charge is 2.21. The van der Waals surface area contributed by atoms with Gasteiger partial charge in [-0.1, -0.05) is 18.2 Å². The van der Waals surface area contributed by atoms with Gasteiger partial charge in [-0.05, 0) is 34.5 Å². The minimum Gasteiger partial charge on any atom is -0.493 e. The zero-order chi connectivity index (χ0) is 13.1. The Morgan fingerprint density at radius 3 is 3.11 bits per heavy atom. The highest BCUT2D eigenvalue weighted by Crippen LogP contribution is 2.33. The lowest BCUT2D eigenvalue weighted by atomic mass is 9.94. The smallest absolute Gasteiger partial charge is 0.138 e. The molecule has 0 spiro atoms. The first-order valence-corrected chi connectivity index (χ1v) is 7.07. The predicted molar refractivity (Wildman–Crippen MR) is 76.7 cm³/mol. The van der Waals surface area contributed by atoms with E-state index in [4.69, 9.17) is 9.47 Å². The lowest BCUT2D eigenvalue weighted by Gasteiger charge is -2.25. The highest BCUT2D eigenvalue weighted by atomic mass is 79.9. The summed E-state index contributed by atoms with van der Waals surface area (Å²) in [6, 6.07) is 10.1. The molecule has 0 radical (unpaired) electrons. The molecule has 2 aromatic rings. The van der Waals surface area contributed by atoms with Crippen molar-refractivity contribution in [3.05, 3.63) is 52.8 Å². The Hall–Kier alpha value is -1.55. The first-order chi connectivity index (χ1) is 9.33. The lowest BCUT2D eigenvalue weighted by Crippen LogP contribution is -2.19. The first kappa shape index (κ1) is 12.5. The summed E-state index contributed by atoms with van der Waals surface area (Å²) in [5.74, 6) is 2.15. The SMILES string of the molecule is Brc1cncc(OCC2CCOc3ccccc32)c1. The van der Waals surface area contributed by atoms with Crippen molar-refractivity contribution in [2.75, 3.05) is 13.2 Å². The molecule has 1 aliphatic heterocycles. The number of pyridine rings is 1. The summed E-state index contributed by atoms with van der Waals surface area (Å²) in [6.07, 6.45) is 4.46. The van der Waals surface area contributed by atoms with E-state index in [1.807, 2.05) is 24.3 Å². The summed E-state index contributed by atoms with van der Waals surface area (Å²) in [7, 11) is 0. The molecule has 1 aliphatic rings. The van der Waals surface area contributed by atoms with Crippen LogP contribution in [-0.2, 0) is 0 Å². The number of hydrogen-bond acceptors (Lipinski definition) is 3. The molecule has 0 saturated carbocycles. The van der Waals surface area contributed by atoms with Crippen LogP contribution in [0.15, 0.2) is 47.2 Å². The molecule has 4 heteroatoms. The Balaban J connectivity index is 1.71. The van der Waals surface area contributed by atoms with Gasteiger partial charge < -0.3 is 9.47 Å². The number of para-hydroxylation sites is 1. The van der Waals surface area contributed by atoms with Crippen LogP contribution in [0, 0.1) is 0 Å². The van der Waals surface area contributed by atoms with Gasteiger partial charge in [0, 0.05) is 22.2 Å². The van der Waals surface area contributed by atoms with Crippen molar-refractivity contribution in [2.45, 2.75) is 12.3 Å². The van der Waals surface area contributed by atoms with E-state index in [-0.39, 0.29) is 0 Å². The van der Waals surface area contributed by atoms with E-state index in [2.05, 4.69) is 27.0 Å². The van der Waals surface area contributed by atoms with Gasteiger partial charge in [0.05, 0.1) is 19.4 Å². The van der Waals surface area contributed by atoms with Gasteiger partial charge in [0.1, 0.15) is 11.5 Å². The largest absolute Gasteiger partial charge is 0.493 e. The molecule has 2 heterocycles. The molecule has 1 unspecified atom stereocenters. The van der Waals surface area contributed by atoms with Gasteiger partial charge in [-0.15, -0.1) is 0 Å². The summed E-state index contributed by atoms with van der Waals surface area (Å²) < 4.78 is 12.4. The van der Waals surface area contributed by atoms with Crippen LogP contribution in [0.4, 0.5) is 0 Å². The topological polar surface area (TPSA) is 31.4 Å². The van der Waals surface area contributed by atoms with Crippen molar-refractivity contribution in [1.82, 2.24) is 4.98 Å². The van der Waals surface area contributed by atoms with E-state index < -0.39 is 0 Å². The molecule has 0 aliphatic carbocycles. The van der Waals surface area contributed by atoms with E-state index in [9.17, 15) is 0 Å². The van der Waals surface area contributed by atoms with Crippen LogP contribution in [0.1, 0.15) is 17.9 Å². The summed E-state index contributed by atoms with van der Waals surface area (Å²) in [5, 5.41) is 0. The Bertz CT molecular complexity index is 574. The Labute approximate surface area is 120 Å². The summed E-state index contributed by atoms with van der Waals surface area (Å²) in [5.41, 5.74) is 1.23. The third kappa shape index (κ3) is 2.89. The molecule has 0 bridgehead atoms. The second-order valence-electron chi connectivity index (χ2n) is 4.52. The molecule has 3 rings (SSSR count). The Kier molecular flexibility index (Phi) is 3.69. The van der Waals surface area contributed by atoms with Gasteiger partial charge in [-0.3, -0.25) is 4.98 Å². The summed E-state index contributed by atoms with van der Waals surface area (Å²) in [6.45, 7) is 1.40. The molecule has 19 heavy (non-hydrogen) atoms. The normalized spacial score (nSPS) is 17.4. The van der Waals surface area contributed by atoms with Crippen LogP contribution >= 0.6 is 15.9 Å². The molecular weight excluding hydrogens is 306 g/mol. The van der Waals surface area contributed by atoms with E-state index in [0.29, 0.717) is 12.5 Å². The fourth-order valence-corrected chi connectivity index (χ4v) is 2.60. The van der Waals surface area contributed by atoms with Crippen molar-refractivity contribution in [1.29, 1.82) is 0 Å². The minimum atomic E-state index is 0.379. The number of rotatable bonds is 3. The predicted octanol–water partition coefficient (Wildman–Crippen LogP) is 3.79. The van der Waals surface area contributed by atoms with Gasteiger partial charge in [0.2, 0.25) is 0 Å². The zero-order valence-electron chi connectivity index (χ0n) is 10.4. The maximum atomic E-state index is 5.84. The number of hydrogen-bond donors (Lipinski definition) is 0. The van der Waals surface area contributed by atoms with Gasteiger partial charge in [0.15, 0.2) is 0 Å². The van der Waals surface area contributed by atoms with E-state index in [1.165, 1.54) is 5.56 Å². The number of fused-ring (bicyclic) bond motifs is 1. The highest BCUT2D eigenvalue weighted by molar-refractivity contribution is 9.10. The van der Waals surface area contributed by atoms with Crippen LogP contribution in [-0.4, -0.2) is 18.2 Å². The fourth-order valence-electron chi connectivity index (χ4n) is 2.26. The van der Waals surface area contributed by atoms with Crippen molar-refractivity contribution in [3.63, 3.8) is 0 Å². The molecule has 1 atom stereocenters. The third-order valence-corrected chi connectivity index (χ3v) is 3.65. The second kappa shape index (κ2) is 5.61. The average Bonchev–Trinajstić information content (AvgIpc) is 2.45. The van der Waals surface area contributed by atoms with Crippen LogP contribution in [0.25, 0.3) is 0 Å². The standard InChI is InChI=1S/C15H14BrNO2/c16-12-7-13(9-17-8-12)19-10-11-5-6-18-15-4-2-1-3-14(11)15/h1-4,7-9,11H,5-6,10H2. The molecule has 0 saturated heterocycles. The monoisotopic (exact) mass is 319 g/mol. The number of ether oxygens (including phenoxy) is 2. The summed E-state index contributed by atoms with van der Waals surface area (Å²) >= 11 is 3.39. The van der Waals surface area contributed by atoms with E-state index >= 15 is 0 Å².